The van der Waals surface area contributed by atoms with Gasteiger partial charge in [-0.2, -0.15) is 0 Å². The monoisotopic (exact) mass is 449 g/mol. The molecule has 0 fully saturated rings. The second-order valence-corrected chi connectivity index (χ2v) is 7.51. The minimum absolute atomic E-state index is 0.0299. The maximum absolute atomic E-state index is 14.0. The Kier molecular flexibility index (Phi) is 7.27. The molecule has 3 aromatic rings. The molecule has 2 atom stereocenters. The Morgan fingerprint density at radius 1 is 1.23 bits per heavy atom. The maximum Gasteiger partial charge on any atom is 0.519 e. The number of rotatable bonds is 8. The van der Waals surface area contributed by atoms with Crippen molar-refractivity contribution in [2.75, 3.05) is 0 Å². The van der Waals surface area contributed by atoms with E-state index in [-0.39, 0.29) is 30.4 Å². The number of ether oxygens (including phenoxy) is 1. The van der Waals surface area contributed by atoms with Crippen molar-refractivity contribution in [3.8, 4) is 11.1 Å². The van der Waals surface area contributed by atoms with Gasteiger partial charge in [-0.05, 0) is 49.1 Å². The number of nitrogens with two attached hydrogens (primary N) is 1. The molecule has 3 rings (SSSR count). The van der Waals surface area contributed by atoms with Gasteiger partial charge in [0.15, 0.2) is 24.2 Å². The molecule has 0 radical (unpaired) electrons. The molecule has 2 aromatic carbocycles. The van der Waals surface area contributed by atoms with Gasteiger partial charge >= 0.3 is 11.8 Å². The molecule has 0 spiro atoms. The van der Waals surface area contributed by atoms with Gasteiger partial charge in [0.05, 0.1) is 0 Å². The van der Waals surface area contributed by atoms with Gasteiger partial charge in [0.2, 0.25) is 0 Å². The van der Waals surface area contributed by atoms with E-state index >= 15 is 0 Å². The largest absolute Gasteiger partial charge is 0.519 e. The van der Waals surface area contributed by atoms with Gasteiger partial charge in [0.25, 0.3) is 0 Å². The summed E-state index contributed by atoms with van der Waals surface area (Å²) in [5.41, 5.74) is 7.97. The summed E-state index contributed by atoms with van der Waals surface area (Å²) >= 11 is 5.94. The number of hydrogen-bond acceptors (Lipinski definition) is 7. The van der Waals surface area contributed by atoms with E-state index in [1.165, 1.54) is 19.1 Å². The summed E-state index contributed by atoms with van der Waals surface area (Å²) < 4.78 is 28.3. The van der Waals surface area contributed by atoms with Crippen molar-refractivity contribution in [1.29, 1.82) is 0 Å². The topological polar surface area (TPSA) is 116 Å². The summed E-state index contributed by atoms with van der Waals surface area (Å²) in [6.07, 6.45) is -1.08. The zero-order valence-electron chi connectivity index (χ0n) is 16.6. The summed E-state index contributed by atoms with van der Waals surface area (Å²) in [5.74, 6) is -1.88. The fourth-order valence-electron chi connectivity index (χ4n) is 3.05. The van der Waals surface area contributed by atoms with E-state index in [0.29, 0.717) is 22.6 Å². The lowest BCUT2D eigenvalue weighted by molar-refractivity contribution is -0.156. The summed E-state index contributed by atoms with van der Waals surface area (Å²) in [7, 11) is 0. The molecule has 3 N–H and O–H groups in total. The SMILES string of the molecule is Cc1oc(=O)oc1COC(=O)[C@H](O)C[C@H](N)Cc1ccc(-c2cc(Cl)ccc2F)cc1. The van der Waals surface area contributed by atoms with Gasteiger partial charge in [-0.3, -0.25) is 0 Å². The summed E-state index contributed by atoms with van der Waals surface area (Å²) in [6, 6.07) is 10.9. The van der Waals surface area contributed by atoms with Crippen molar-refractivity contribution in [3.63, 3.8) is 0 Å². The molecule has 1 aromatic heterocycles. The first-order chi connectivity index (χ1) is 14.7. The van der Waals surface area contributed by atoms with E-state index in [0.717, 1.165) is 5.56 Å². The minimum Gasteiger partial charge on any atom is -0.455 e. The van der Waals surface area contributed by atoms with Crippen LogP contribution < -0.4 is 11.6 Å². The third-order valence-electron chi connectivity index (χ3n) is 4.67. The predicted molar refractivity (Wildman–Crippen MR) is 111 cm³/mol. The van der Waals surface area contributed by atoms with Crippen LogP contribution in [0.4, 0.5) is 4.39 Å². The highest BCUT2D eigenvalue weighted by atomic mass is 35.5. The standard InChI is InChI=1S/C22H21ClFNO6/c1-12-20(31-22(28)30-12)11-29-21(27)19(26)10-16(25)8-13-2-4-14(5-3-13)17-9-15(23)6-7-18(17)24/h2-7,9,16,19,26H,8,10-11,25H2,1H3/t16-,19-/m1/s1. The van der Waals surface area contributed by atoms with E-state index in [4.69, 9.17) is 26.5 Å². The van der Waals surface area contributed by atoms with Gasteiger partial charge < -0.3 is 24.4 Å². The van der Waals surface area contributed by atoms with Crippen LogP contribution in [0.15, 0.2) is 56.1 Å². The number of hydrogen-bond donors (Lipinski definition) is 2. The van der Waals surface area contributed by atoms with E-state index in [2.05, 4.69) is 4.42 Å². The Balaban J connectivity index is 1.53. The van der Waals surface area contributed by atoms with Crippen LogP contribution in [0.25, 0.3) is 11.1 Å². The van der Waals surface area contributed by atoms with Gasteiger partial charge in [-0.15, -0.1) is 0 Å². The molecule has 1 heterocycles. The molecular formula is C22H21ClFNO6. The number of esters is 1. The van der Waals surface area contributed by atoms with E-state index in [1.807, 2.05) is 0 Å². The van der Waals surface area contributed by atoms with E-state index in [9.17, 15) is 19.1 Å². The number of aryl methyl sites for hydroxylation is 1. The number of aliphatic hydroxyl groups excluding tert-OH is 1. The number of halogens is 2. The van der Waals surface area contributed by atoms with Crippen molar-refractivity contribution in [1.82, 2.24) is 0 Å². The van der Waals surface area contributed by atoms with Gasteiger partial charge in [0, 0.05) is 16.6 Å². The zero-order valence-corrected chi connectivity index (χ0v) is 17.4. The highest BCUT2D eigenvalue weighted by Gasteiger charge is 2.22. The number of carbonyl (C=O) groups is 1. The summed E-state index contributed by atoms with van der Waals surface area (Å²) in [5, 5.41) is 10.5. The second kappa shape index (κ2) is 9.91. The average Bonchev–Trinajstić information content (AvgIpc) is 3.05. The van der Waals surface area contributed by atoms with Crippen LogP contribution >= 0.6 is 11.6 Å². The molecule has 0 aliphatic carbocycles. The van der Waals surface area contributed by atoms with Crippen molar-refractivity contribution in [3.05, 3.63) is 81.0 Å². The molecule has 31 heavy (non-hydrogen) atoms. The number of carbonyl (C=O) groups excluding carboxylic acids is 1. The summed E-state index contributed by atoms with van der Waals surface area (Å²) in [6.45, 7) is 1.16. The molecule has 0 aliphatic rings. The van der Waals surface area contributed by atoms with Gasteiger partial charge in [-0.25, -0.2) is 14.0 Å². The summed E-state index contributed by atoms with van der Waals surface area (Å²) in [4.78, 5) is 22.9. The average molecular weight is 450 g/mol. The lowest BCUT2D eigenvalue weighted by Crippen LogP contribution is -2.33. The third kappa shape index (κ3) is 6.04. The Labute approximate surface area is 182 Å². The lowest BCUT2D eigenvalue weighted by Gasteiger charge is -2.16. The molecule has 9 heteroatoms. The molecule has 0 saturated carbocycles. The Morgan fingerprint density at radius 2 is 1.94 bits per heavy atom. The Morgan fingerprint density at radius 3 is 2.58 bits per heavy atom. The molecule has 0 aliphatic heterocycles. The van der Waals surface area contributed by atoms with Crippen LogP contribution in [0.1, 0.15) is 23.5 Å². The van der Waals surface area contributed by atoms with Crippen molar-refractivity contribution < 1.29 is 27.9 Å². The van der Waals surface area contributed by atoms with Crippen LogP contribution in [-0.4, -0.2) is 23.2 Å². The van der Waals surface area contributed by atoms with Crippen LogP contribution in [-0.2, 0) is 22.6 Å². The fraction of sp³-hybridized carbons (Fsp3) is 0.273. The van der Waals surface area contributed by atoms with Crippen molar-refractivity contribution in [2.45, 2.75) is 38.5 Å². The third-order valence-corrected chi connectivity index (χ3v) is 4.91. The molecule has 7 nitrogen and oxygen atoms in total. The Bertz CT molecular complexity index is 1110. The van der Waals surface area contributed by atoms with Crippen molar-refractivity contribution >= 4 is 17.6 Å². The highest BCUT2D eigenvalue weighted by molar-refractivity contribution is 6.30. The molecule has 0 bridgehead atoms. The quantitative estimate of drug-likeness (QED) is 0.506. The van der Waals surface area contributed by atoms with Crippen LogP contribution in [0, 0.1) is 12.7 Å². The number of benzene rings is 2. The Hall–Kier alpha value is -2.94. The molecule has 0 amide bonds. The van der Waals surface area contributed by atoms with E-state index < -0.39 is 23.9 Å². The van der Waals surface area contributed by atoms with E-state index in [1.54, 1.807) is 30.3 Å². The smallest absolute Gasteiger partial charge is 0.455 e. The second-order valence-electron chi connectivity index (χ2n) is 7.08. The predicted octanol–water partition coefficient (Wildman–Crippen LogP) is 3.36. The van der Waals surface area contributed by atoms with Crippen LogP contribution in [0.5, 0.6) is 0 Å². The lowest BCUT2D eigenvalue weighted by atomic mass is 9.98. The number of aliphatic hydroxyl groups is 1. The normalized spacial score (nSPS) is 13.1. The fourth-order valence-corrected chi connectivity index (χ4v) is 3.22. The zero-order chi connectivity index (χ0) is 22.5. The van der Waals surface area contributed by atoms with Crippen LogP contribution in [0.2, 0.25) is 5.02 Å². The molecule has 0 unspecified atom stereocenters. The molecule has 164 valence electrons. The van der Waals surface area contributed by atoms with Crippen LogP contribution in [0.3, 0.4) is 0 Å². The van der Waals surface area contributed by atoms with Crippen molar-refractivity contribution in [2.24, 2.45) is 5.73 Å². The first-order valence-electron chi connectivity index (χ1n) is 9.47. The molecule has 0 saturated heterocycles. The van der Waals surface area contributed by atoms with Gasteiger partial charge in [-0.1, -0.05) is 35.9 Å². The first-order valence-corrected chi connectivity index (χ1v) is 9.84. The molecular weight excluding hydrogens is 429 g/mol. The van der Waals surface area contributed by atoms with Gasteiger partial charge in [0.1, 0.15) is 5.82 Å². The maximum atomic E-state index is 14.0. The minimum atomic E-state index is -1.44. The first kappa shape index (κ1) is 22.7. The highest BCUT2D eigenvalue weighted by Crippen LogP contribution is 2.26.